The topological polar surface area (TPSA) is 104 Å². The van der Waals surface area contributed by atoms with Crippen LogP contribution in [0.25, 0.3) is 0 Å². The Hall–Kier alpha value is -2.22. The molecule has 0 aliphatic rings. The molecule has 2 rings (SSSR count). The second kappa shape index (κ2) is 5.19. The molecule has 0 saturated carbocycles. The van der Waals surface area contributed by atoms with Gasteiger partial charge in [0, 0.05) is 10.2 Å². The Morgan fingerprint density at radius 3 is 2.84 bits per heavy atom. The van der Waals surface area contributed by atoms with Gasteiger partial charge in [-0.25, -0.2) is 4.79 Å². The van der Waals surface area contributed by atoms with Crippen LogP contribution in [0.4, 0.5) is 11.4 Å². The van der Waals surface area contributed by atoms with E-state index in [4.69, 9.17) is 5.73 Å². The van der Waals surface area contributed by atoms with Crippen molar-refractivity contribution in [2.24, 2.45) is 0 Å². The van der Waals surface area contributed by atoms with E-state index >= 15 is 0 Å². The molecule has 98 valence electrons. The van der Waals surface area contributed by atoms with Gasteiger partial charge in [0.05, 0.1) is 17.7 Å². The van der Waals surface area contributed by atoms with Gasteiger partial charge >= 0.3 is 11.4 Å². The van der Waals surface area contributed by atoms with Crippen LogP contribution in [0.3, 0.4) is 0 Å². The van der Waals surface area contributed by atoms with Crippen LogP contribution in [0.15, 0.2) is 39.9 Å². The molecule has 1 heterocycles. The second-order valence-electron chi connectivity index (χ2n) is 3.83. The summed E-state index contributed by atoms with van der Waals surface area (Å²) in [6.07, 6.45) is 2.11. The second-order valence-corrected chi connectivity index (χ2v) is 4.68. The van der Waals surface area contributed by atoms with E-state index in [0.29, 0.717) is 5.69 Å². The van der Waals surface area contributed by atoms with Gasteiger partial charge in [0.15, 0.2) is 0 Å². The Kier molecular flexibility index (Phi) is 3.61. The highest BCUT2D eigenvalue weighted by Gasteiger charge is 2.10. The van der Waals surface area contributed by atoms with Gasteiger partial charge in [0.25, 0.3) is 0 Å². The summed E-state index contributed by atoms with van der Waals surface area (Å²) in [5.41, 5.74) is 6.20. The average Bonchev–Trinajstić information content (AvgIpc) is 2.34. The third-order valence-electron chi connectivity index (χ3n) is 2.47. The van der Waals surface area contributed by atoms with Crippen molar-refractivity contribution in [2.45, 2.75) is 6.54 Å². The Bertz CT molecular complexity index is 699. The number of anilines is 1. The van der Waals surface area contributed by atoms with E-state index in [1.54, 1.807) is 18.2 Å². The molecule has 7 nitrogen and oxygen atoms in total. The maximum absolute atomic E-state index is 11.6. The molecule has 19 heavy (non-hydrogen) atoms. The van der Waals surface area contributed by atoms with Crippen molar-refractivity contribution < 1.29 is 4.92 Å². The quantitative estimate of drug-likeness (QED) is 0.524. The fraction of sp³-hybridized carbons (Fsp3) is 0.0909. The van der Waals surface area contributed by atoms with Crippen LogP contribution >= 0.6 is 15.9 Å². The van der Waals surface area contributed by atoms with E-state index in [1.807, 2.05) is 0 Å². The molecule has 0 atom stereocenters. The first kappa shape index (κ1) is 13.2. The van der Waals surface area contributed by atoms with Gasteiger partial charge in [-0.05, 0) is 17.7 Å². The summed E-state index contributed by atoms with van der Waals surface area (Å²) < 4.78 is 1.90. The van der Waals surface area contributed by atoms with Gasteiger partial charge in [-0.3, -0.25) is 14.7 Å². The fourth-order valence-electron chi connectivity index (χ4n) is 1.53. The van der Waals surface area contributed by atoms with E-state index in [2.05, 4.69) is 20.9 Å². The van der Waals surface area contributed by atoms with Crippen molar-refractivity contribution >= 4 is 27.3 Å². The third-order valence-corrected chi connectivity index (χ3v) is 3.21. The number of hydrogen-bond acceptors (Lipinski definition) is 5. The molecule has 2 N–H and O–H groups in total. The number of benzene rings is 1. The lowest BCUT2D eigenvalue weighted by atomic mass is 10.2. The summed E-state index contributed by atoms with van der Waals surface area (Å²) in [4.78, 5) is 25.1. The molecule has 1 aromatic heterocycles. The molecule has 0 radical (unpaired) electrons. The Morgan fingerprint density at radius 2 is 2.21 bits per heavy atom. The third kappa shape index (κ3) is 2.97. The summed E-state index contributed by atoms with van der Waals surface area (Å²) in [5, 5.41) is 10.7. The van der Waals surface area contributed by atoms with Gasteiger partial charge < -0.3 is 5.73 Å². The molecule has 0 spiro atoms. The summed E-state index contributed by atoms with van der Waals surface area (Å²) in [6.45, 7) is 0.175. The lowest BCUT2D eigenvalue weighted by Crippen LogP contribution is -2.23. The SMILES string of the molecule is Nc1ccc(Cn2cc([N+](=O)[O-])cnc2=O)c(Br)c1. The van der Waals surface area contributed by atoms with Crippen LogP contribution in [-0.4, -0.2) is 14.5 Å². The highest BCUT2D eigenvalue weighted by Crippen LogP contribution is 2.20. The number of nitro groups is 1. The van der Waals surface area contributed by atoms with Gasteiger partial charge in [-0.2, -0.15) is 4.98 Å². The number of nitrogens with two attached hydrogens (primary N) is 1. The molecule has 1 aromatic carbocycles. The van der Waals surface area contributed by atoms with Crippen molar-refractivity contribution in [3.63, 3.8) is 0 Å². The highest BCUT2D eigenvalue weighted by atomic mass is 79.9. The summed E-state index contributed by atoms with van der Waals surface area (Å²) >= 11 is 3.33. The summed E-state index contributed by atoms with van der Waals surface area (Å²) in [5.74, 6) is 0. The first-order chi connectivity index (χ1) is 8.97. The van der Waals surface area contributed by atoms with Gasteiger partial charge in [-0.15, -0.1) is 0 Å². The van der Waals surface area contributed by atoms with Crippen molar-refractivity contribution in [3.05, 3.63) is 61.2 Å². The molecule has 0 saturated heterocycles. The Morgan fingerprint density at radius 1 is 1.47 bits per heavy atom. The van der Waals surface area contributed by atoms with Crippen LogP contribution in [0.1, 0.15) is 5.56 Å². The lowest BCUT2D eigenvalue weighted by molar-refractivity contribution is -0.385. The predicted molar refractivity (Wildman–Crippen MR) is 72.8 cm³/mol. The minimum atomic E-state index is -0.596. The number of nitrogen functional groups attached to an aromatic ring is 1. The van der Waals surface area contributed by atoms with Crippen molar-refractivity contribution in [1.29, 1.82) is 0 Å². The van der Waals surface area contributed by atoms with Crippen LogP contribution in [-0.2, 0) is 6.54 Å². The molecule has 0 fully saturated rings. The molecular formula is C11H9BrN4O3. The minimum Gasteiger partial charge on any atom is -0.399 e. The molecule has 0 bridgehead atoms. The number of hydrogen-bond donors (Lipinski definition) is 1. The fourth-order valence-corrected chi connectivity index (χ4v) is 2.05. The minimum absolute atomic E-state index is 0.175. The summed E-state index contributed by atoms with van der Waals surface area (Å²) in [6, 6.07) is 5.13. The zero-order valence-electron chi connectivity index (χ0n) is 9.62. The molecular weight excluding hydrogens is 316 g/mol. The van der Waals surface area contributed by atoms with Crippen LogP contribution in [0.5, 0.6) is 0 Å². The molecule has 8 heteroatoms. The van der Waals surface area contributed by atoms with E-state index in [0.717, 1.165) is 22.4 Å². The number of nitrogens with zero attached hydrogens (tertiary/aromatic N) is 3. The first-order valence-electron chi connectivity index (χ1n) is 5.22. The van der Waals surface area contributed by atoms with Crippen molar-refractivity contribution in [2.75, 3.05) is 5.73 Å². The van der Waals surface area contributed by atoms with Crippen LogP contribution in [0.2, 0.25) is 0 Å². The molecule has 0 aliphatic heterocycles. The van der Waals surface area contributed by atoms with E-state index in [1.165, 1.54) is 4.57 Å². The van der Waals surface area contributed by atoms with Crippen molar-refractivity contribution in [3.8, 4) is 0 Å². The van der Waals surface area contributed by atoms with E-state index in [-0.39, 0.29) is 12.2 Å². The number of rotatable bonds is 3. The zero-order valence-corrected chi connectivity index (χ0v) is 11.2. The lowest BCUT2D eigenvalue weighted by Gasteiger charge is -2.07. The van der Waals surface area contributed by atoms with E-state index in [9.17, 15) is 14.9 Å². The monoisotopic (exact) mass is 324 g/mol. The molecule has 0 amide bonds. The van der Waals surface area contributed by atoms with Crippen molar-refractivity contribution in [1.82, 2.24) is 9.55 Å². The van der Waals surface area contributed by atoms with Crippen LogP contribution in [0, 0.1) is 10.1 Å². The molecule has 0 unspecified atom stereocenters. The van der Waals surface area contributed by atoms with Gasteiger partial charge in [0.1, 0.15) is 6.20 Å². The largest absolute Gasteiger partial charge is 0.399 e. The average molecular weight is 325 g/mol. The summed E-state index contributed by atoms with van der Waals surface area (Å²) in [7, 11) is 0. The predicted octanol–water partition coefficient (Wildman–Crippen LogP) is 1.54. The van der Waals surface area contributed by atoms with Crippen LogP contribution < -0.4 is 11.4 Å². The van der Waals surface area contributed by atoms with Gasteiger partial charge in [0.2, 0.25) is 0 Å². The zero-order chi connectivity index (χ0) is 14.0. The van der Waals surface area contributed by atoms with Gasteiger partial charge in [-0.1, -0.05) is 22.0 Å². The molecule has 0 aliphatic carbocycles. The van der Waals surface area contributed by atoms with E-state index < -0.39 is 10.6 Å². The normalized spacial score (nSPS) is 10.4. The smallest absolute Gasteiger partial charge is 0.348 e. The maximum atomic E-state index is 11.6. The first-order valence-corrected chi connectivity index (χ1v) is 6.01. The maximum Gasteiger partial charge on any atom is 0.348 e. The Labute approximate surface area is 116 Å². The number of aromatic nitrogens is 2. The standard InChI is InChI=1S/C11H9BrN4O3/c12-10-3-8(13)2-1-7(10)5-15-6-9(16(18)19)4-14-11(15)17/h1-4,6H,5,13H2. The molecule has 2 aromatic rings. The Balaban J connectivity index is 2.40. The highest BCUT2D eigenvalue weighted by molar-refractivity contribution is 9.10. The number of halogens is 1.